The highest BCUT2D eigenvalue weighted by molar-refractivity contribution is 7.99. The molecular formula is C21H28N4O2S. The molecular weight excluding hydrogens is 372 g/mol. The van der Waals surface area contributed by atoms with Crippen LogP contribution in [0.4, 0.5) is 5.95 Å². The summed E-state index contributed by atoms with van der Waals surface area (Å²) in [6.07, 6.45) is 3.11. The number of hydrogen-bond acceptors (Lipinski definition) is 6. The van der Waals surface area contributed by atoms with Crippen LogP contribution >= 0.6 is 11.8 Å². The second-order valence-electron chi connectivity index (χ2n) is 6.87. The zero-order valence-corrected chi connectivity index (χ0v) is 17.8. The first-order valence-electron chi connectivity index (χ1n) is 9.86. The number of ether oxygens (including phenoxy) is 1. The first kappa shape index (κ1) is 20.5. The number of ketones is 1. The van der Waals surface area contributed by atoms with E-state index in [0.717, 1.165) is 47.2 Å². The van der Waals surface area contributed by atoms with Gasteiger partial charge in [0.1, 0.15) is 11.8 Å². The molecule has 2 heterocycles. The van der Waals surface area contributed by atoms with Gasteiger partial charge in [-0.05, 0) is 32.8 Å². The van der Waals surface area contributed by atoms with Gasteiger partial charge in [0.15, 0.2) is 5.78 Å². The fraction of sp³-hybridized carbons (Fsp3) is 0.476. The fourth-order valence-corrected chi connectivity index (χ4v) is 3.98. The molecule has 1 unspecified atom stereocenters. The summed E-state index contributed by atoms with van der Waals surface area (Å²) in [5.41, 5.74) is 2.44. The number of allylic oxidation sites excluding steroid dienone is 2. The van der Waals surface area contributed by atoms with E-state index in [1.54, 1.807) is 18.7 Å². The van der Waals surface area contributed by atoms with Gasteiger partial charge in [-0.3, -0.25) is 4.79 Å². The average molecular weight is 401 g/mol. The SMILES string of the molecule is CCCCOc1ccccc1C1C(C(C)=O)=C(C)Nc2nc(SCCC)nn21. The minimum absolute atomic E-state index is 0.0160. The first-order valence-corrected chi connectivity index (χ1v) is 10.8. The maximum Gasteiger partial charge on any atom is 0.227 e. The summed E-state index contributed by atoms with van der Waals surface area (Å²) in [6.45, 7) is 8.44. The summed E-state index contributed by atoms with van der Waals surface area (Å²) < 4.78 is 7.88. The van der Waals surface area contributed by atoms with E-state index in [0.29, 0.717) is 18.1 Å². The minimum Gasteiger partial charge on any atom is -0.493 e. The van der Waals surface area contributed by atoms with E-state index in [1.165, 1.54) is 0 Å². The molecule has 0 radical (unpaired) electrons. The number of fused-ring (bicyclic) bond motifs is 1. The van der Waals surface area contributed by atoms with Crippen molar-refractivity contribution in [3.8, 4) is 5.75 Å². The van der Waals surface area contributed by atoms with E-state index in [-0.39, 0.29) is 11.8 Å². The second-order valence-corrected chi connectivity index (χ2v) is 7.94. The highest BCUT2D eigenvalue weighted by Gasteiger charge is 2.34. The van der Waals surface area contributed by atoms with E-state index in [4.69, 9.17) is 9.84 Å². The van der Waals surface area contributed by atoms with Crippen molar-refractivity contribution in [2.24, 2.45) is 0 Å². The van der Waals surface area contributed by atoms with Gasteiger partial charge in [0.25, 0.3) is 0 Å². The van der Waals surface area contributed by atoms with Gasteiger partial charge in [-0.2, -0.15) is 4.98 Å². The third kappa shape index (κ3) is 4.24. The topological polar surface area (TPSA) is 69.0 Å². The highest BCUT2D eigenvalue weighted by Crippen LogP contribution is 2.40. The van der Waals surface area contributed by atoms with Crippen molar-refractivity contribution < 1.29 is 9.53 Å². The quantitative estimate of drug-likeness (QED) is 0.480. The molecule has 6 nitrogen and oxygen atoms in total. The van der Waals surface area contributed by atoms with Crippen molar-refractivity contribution in [3.05, 3.63) is 41.1 Å². The van der Waals surface area contributed by atoms with E-state index in [2.05, 4.69) is 24.1 Å². The number of hydrogen-bond donors (Lipinski definition) is 1. The molecule has 1 aromatic carbocycles. The molecule has 3 rings (SSSR count). The highest BCUT2D eigenvalue weighted by atomic mass is 32.2. The fourth-order valence-electron chi connectivity index (χ4n) is 3.29. The Hall–Kier alpha value is -2.28. The van der Waals surface area contributed by atoms with E-state index in [1.807, 2.05) is 35.9 Å². The Labute approximate surface area is 170 Å². The Kier molecular flexibility index (Phi) is 6.78. The van der Waals surface area contributed by atoms with Crippen LogP contribution < -0.4 is 10.1 Å². The van der Waals surface area contributed by atoms with Crippen LogP contribution in [0.25, 0.3) is 0 Å². The van der Waals surface area contributed by atoms with Crippen LogP contribution in [0.15, 0.2) is 40.7 Å². The molecule has 2 aromatic rings. The molecule has 1 aliphatic heterocycles. The predicted molar refractivity (Wildman–Crippen MR) is 113 cm³/mol. The van der Waals surface area contributed by atoms with Crippen LogP contribution in [0.2, 0.25) is 0 Å². The first-order chi connectivity index (χ1) is 13.6. The lowest BCUT2D eigenvalue weighted by atomic mass is 9.92. The van der Waals surface area contributed by atoms with Gasteiger partial charge in [0, 0.05) is 22.6 Å². The van der Waals surface area contributed by atoms with E-state index in [9.17, 15) is 4.79 Å². The molecule has 28 heavy (non-hydrogen) atoms. The molecule has 1 N–H and O–H groups in total. The van der Waals surface area contributed by atoms with Gasteiger partial charge in [0.05, 0.1) is 6.61 Å². The summed E-state index contributed by atoms with van der Waals surface area (Å²) in [5.74, 6) is 2.42. The van der Waals surface area contributed by atoms with Gasteiger partial charge in [0.2, 0.25) is 11.1 Å². The maximum atomic E-state index is 12.5. The Balaban J connectivity index is 2.07. The van der Waals surface area contributed by atoms with Crippen molar-refractivity contribution in [3.63, 3.8) is 0 Å². The number of Topliss-reactive ketones (excluding diaryl/α,β-unsaturated/α-hetero) is 1. The van der Waals surface area contributed by atoms with Crippen LogP contribution in [-0.2, 0) is 4.79 Å². The number of aromatic nitrogens is 3. The third-order valence-corrected chi connectivity index (χ3v) is 5.66. The summed E-state index contributed by atoms with van der Waals surface area (Å²) in [5, 5.41) is 8.69. The van der Waals surface area contributed by atoms with E-state index >= 15 is 0 Å². The lowest BCUT2D eigenvalue weighted by molar-refractivity contribution is -0.114. The molecule has 1 atom stereocenters. The monoisotopic (exact) mass is 400 g/mol. The molecule has 0 spiro atoms. The van der Waals surface area contributed by atoms with Gasteiger partial charge < -0.3 is 10.1 Å². The average Bonchev–Trinajstić information content (AvgIpc) is 3.08. The molecule has 0 fully saturated rings. The number of nitrogens with zero attached hydrogens (tertiary/aromatic N) is 3. The molecule has 150 valence electrons. The molecule has 0 saturated carbocycles. The molecule has 0 aliphatic carbocycles. The molecule has 1 aromatic heterocycles. The Bertz CT molecular complexity index is 875. The summed E-state index contributed by atoms with van der Waals surface area (Å²) in [7, 11) is 0. The van der Waals surface area contributed by atoms with Gasteiger partial charge in [-0.25, -0.2) is 4.68 Å². The number of anilines is 1. The van der Waals surface area contributed by atoms with Crippen LogP contribution in [0.1, 0.15) is 58.6 Å². The number of thioether (sulfide) groups is 1. The zero-order chi connectivity index (χ0) is 20.1. The van der Waals surface area contributed by atoms with Crippen molar-refractivity contribution in [2.75, 3.05) is 17.7 Å². The lowest BCUT2D eigenvalue weighted by Crippen LogP contribution is -2.28. The number of para-hydroxylation sites is 1. The minimum atomic E-state index is -0.352. The number of carbonyl (C=O) groups excluding carboxylic acids is 1. The molecule has 0 bridgehead atoms. The number of benzene rings is 1. The number of unbranched alkanes of at least 4 members (excludes halogenated alkanes) is 1. The smallest absolute Gasteiger partial charge is 0.227 e. The molecule has 0 saturated heterocycles. The number of nitrogens with one attached hydrogen (secondary N) is 1. The largest absolute Gasteiger partial charge is 0.493 e. The summed E-state index contributed by atoms with van der Waals surface area (Å²) in [6, 6.07) is 7.55. The van der Waals surface area contributed by atoms with Crippen LogP contribution in [-0.4, -0.2) is 32.9 Å². The molecule has 1 aliphatic rings. The number of carbonyl (C=O) groups is 1. The lowest BCUT2D eigenvalue weighted by Gasteiger charge is -2.29. The maximum absolute atomic E-state index is 12.5. The Morgan fingerprint density at radius 2 is 2.07 bits per heavy atom. The normalized spacial score (nSPS) is 15.9. The van der Waals surface area contributed by atoms with Gasteiger partial charge in [-0.15, -0.1) is 5.10 Å². The summed E-state index contributed by atoms with van der Waals surface area (Å²) >= 11 is 1.63. The van der Waals surface area contributed by atoms with Crippen molar-refractivity contribution >= 4 is 23.5 Å². The molecule has 0 amide bonds. The van der Waals surface area contributed by atoms with Gasteiger partial charge >= 0.3 is 0 Å². The zero-order valence-electron chi connectivity index (χ0n) is 17.0. The standard InChI is InChI=1S/C21H28N4O2S/c1-5-7-12-27-17-11-9-8-10-16(17)19-18(15(4)26)14(3)22-20-23-21(24-25(19)20)28-13-6-2/h8-11,19H,5-7,12-13H2,1-4H3,(H,22,23,24). The van der Waals surface area contributed by atoms with Crippen molar-refractivity contribution in [2.45, 2.75) is 58.2 Å². The van der Waals surface area contributed by atoms with Crippen LogP contribution in [0.5, 0.6) is 5.75 Å². The Morgan fingerprint density at radius 3 is 2.79 bits per heavy atom. The second kappa shape index (κ2) is 9.28. The van der Waals surface area contributed by atoms with Crippen molar-refractivity contribution in [1.29, 1.82) is 0 Å². The third-order valence-electron chi connectivity index (χ3n) is 4.62. The van der Waals surface area contributed by atoms with E-state index < -0.39 is 0 Å². The predicted octanol–water partition coefficient (Wildman–Crippen LogP) is 4.84. The number of rotatable bonds is 9. The van der Waals surface area contributed by atoms with Crippen LogP contribution in [0, 0.1) is 0 Å². The van der Waals surface area contributed by atoms with Crippen LogP contribution in [0.3, 0.4) is 0 Å². The van der Waals surface area contributed by atoms with Crippen molar-refractivity contribution in [1.82, 2.24) is 14.8 Å². The summed E-state index contributed by atoms with van der Waals surface area (Å²) in [4.78, 5) is 17.2. The van der Waals surface area contributed by atoms with Gasteiger partial charge in [-0.1, -0.05) is 50.2 Å². The Morgan fingerprint density at radius 1 is 1.29 bits per heavy atom. The molecule has 7 heteroatoms.